The number of anilines is 1. The van der Waals surface area contributed by atoms with Gasteiger partial charge in [0.2, 0.25) is 5.91 Å². The van der Waals surface area contributed by atoms with Gasteiger partial charge in [0.15, 0.2) is 5.16 Å². The Hall–Kier alpha value is -3.05. The predicted octanol–water partition coefficient (Wildman–Crippen LogP) is 4.81. The highest BCUT2D eigenvalue weighted by atomic mass is 32.2. The second-order valence-corrected chi connectivity index (χ2v) is 6.87. The average Bonchev–Trinajstić information content (AvgIpc) is 3.10. The maximum Gasteiger partial charge on any atom is 0.242 e. The number of thioether (sulfide) groups is 1. The molecule has 1 unspecified atom stereocenters. The van der Waals surface area contributed by atoms with E-state index in [-0.39, 0.29) is 5.91 Å². The normalized spacial score (nSPS) is 12.0. The lowest BCUT2D eigenvalue weighted by Gasteiger charge is -2.16. The number of hydrogen-bond acceptors (Lipinski definition) is 3. The van der Waals surface area contributed by atoms with Gasteiger partial charge in [0.1, 0.15) is 5.25 Å². The first kappa shape index (κ1) is 16.4. The molecule has 4 nitrogen and oxygen atoms in total. The van der Waals surface area contributed by atoms with Crippen molar-refractivity contribution in [2.75, 3.05) is 5.32 Å². The Morgan fingerprint density at radius 2 is 1.62 bits per heavy atom. The molecule has 5 heteroatoms. The van der Waals surface area contributed by atoms with Gasteiger partial charge in [-0.25, -0.2) is 4.98 Å². The topological polar surface area (TPSA) is 46.4 Å². The van der Waals surface area contributed by atoms with Crippen molar-refractivity contribution in [1.29, 1.82) is 0 Å². The van der Waals surface area contributed by atoms with Crippen molar-refractivity contribution in [2.45, 2.75) is 10.4 Å². The average molecular weight is 359 g/mol. The summed E-state index contributed by atoms with van der Waals surface area (Å²) in [5, 5.41) is 3.39. The third-order valence-electron chi connectivity index (χ3n) is 4.01. The van der Waals surface area contributed by atoms with E-state index in [4.69, 9.17) is 0 Å². The largest absolute Gasteiger partial charge is 0.325 e. The lowest BCUT2D eigenvalue weighted by Crippen LogP contribution is -2.19. The standard InChI is InChI=1S/C21H17N3OS/c25-20(23-17-11-5-2-6-12-17)19(16-9-3-1-4-10-16)26-21-22-15-18-13-7-8-14-24(18)21/h1-15,19H,(H,23,25). The molecule has 0 fully saturated rings. The Kier molecular flexibility index (Phi) is 4.71. The molecule has 0 saturated carbocycles. The van der Waals surface area contributed by atoms with E-state index in [9.17, 15) is 4.79 Å². The molecule has 1 amide bonds. The minimum absolute atomic E-state index is 0.0694. The van der Waals surface area contributed by atoms with Gasteiger partial charge in [-0.2, -0.15) is 0 Å². The van der Waals surface area contributed by atoms with Crippen LogP contribution < -0.4 is 5.32 Å². The Labute approximate surface area is 155 Å². The van der Waals surface area contributed by atoms with Crippen molar-refractivity contribution in [2.24, 2.45) is 0 Å². The third-order valence-corrected chi connectivity index (χ3v) is 5.24. The Morgan fingerprint density at radius 1 is 0.923 bits per heavy atom. The highest BCUT2D eigenvalue weighted by Crippen LogP contribution is 2.35. The molecule has 2 aromatic heterocycles. The van der Waals surface area contributed by atoms with Crippen molar-refractivity contribution in [1.82, 2.24) is 9.38 Å². The molecule has 0 spiro atoms. The van der Waals surface area contributed by atoms with Gasteiger partial charge < -0.3 is 5.32 Å². The number of amides is 1. The molecular weight excluding hydrogens is 342 g/mol. The lowest BCUT2D eigenvalue weighted by atomic mass is 10.1. The second-order valence-electron chi connectivity index (χ2n) is 5.80. The van der Waals surface area contributed by atoms with Gasteiger partial charge in [-0.15, -0.1) is 0 Å². The highest BCUT2D eigenvalue weighted by molar-refractivity contribution is 8.00. The smallest absolute Gasteiger partial charge is 0.242 e. The molecule has 0 aliphatic carbocycles. The number of imidazole rings is 1. The summed E-state index contributed by atoms with van der Waals surface area (Å²) in [5.41, 5.74) is 2.73. The maximum atomic E-state index is 13.0. The molecule has 0 saturated heterocycles. The van der Waals surface area contributed by atoms with E-state index in [0.717, 1.165) is 21.9 Å². The molecular formula is C21H17N3OS. The fraction of sp³-hybridized carbons (Fsp3) is 0.0476. The summed E-state index contributed by atoms with van der Waals surface area (Å²) in [4.78, 5) is 17.5. The molecule has 4 aromatic rings. The third kappa shape index (κ3) is 3.48. The number of carbonyl (C=O) groups is 1. The van der Waals surface area contributed by atoms with Crippen LogP contribution in [0.1, 0.15) is 10.8 Å². The van der Waals surface area contributed by atoms with Crippen LogP contribution in [0.4, 0.5) is 5.69 Å². The number of fused-ring (bicyclic) bond motifs is 1. The molecule has 4 rings (SSSR count). The van der Waals surface area contributed by atoms with Gasteiger partial charge in [0, 0.05) is 11.9 Å². The van der Waals surface area contributed by atoms with Gasteiger partial charge in [-0.1, -0.05) is 66.4 Å². The molecule has 26 heavy (non-hydrogen) atoms. The number of rotatable bonds is 5. The van der Waals surface area contributed by atoms with Crippen LogP contribution in [0.15, 0.2) is 96.4 Å². The zero-order valence-corrected chi connectivity index (χ0v) is 14.8. The first-order valence-electron chi connectivity index (χ1n) is 8.31. The summed E-state index contributed by atoms with van der Waals surface area (Å²) in [6.07, 6.45) is 3.78. The van der Waals surface area contributed by atoms with Crippen molar-refractivity contribution < 1.29 is 4.79 Å². The molecule has 0 bridgehead atoms. The number of para-hydroxylation sites is 1. The van der Waals surface area contributed by atoms with Crippen molar-refractivity contribution in [3.05, 3.63) is 96.8 Å². The minimum atomic E-state index is -0.401. The van der Waals surface area contributed by atoms with E-state index in [1.165, 1.54) is 11.8 Å². The SMILES string of the molecule is O=C(Nc1ccccc1)C(Sc1ncc2ccccn12)c1ccccc1. The van der Waals surface area contributed by atoms with Crippen LogP contribution in [-0.2, 0) is 4.79 Å². The number of pyridine rings is 1. The molecule has 2 heterocycles. The zero-order chi connectivity index (χ0) is 17.8. The molecule has 1 N–H and O–H groups in total. The number of hydrogen-bond donors (Lipinski definition) is 1. The predicted molar refractivity (Wildman–Crippen MR) is 105 cm³/mol. The number of nitrogens with zero attached hydrogens (tertiary/aromatic N) is 2. The van der Waals surface area contributed by atoms with E-state index < -0.39 is 5.25 Å². The van der Waals surface area contributed by atoms with Crippen LogP contribution in [0.3, 0.4) is 0 Å². The fourth-order valence-electron chi connectivity index (χ4n) is 2.74. The van der Waals surface area contributed by atoms with Crippen LogP contribution in [0.2, 0.25) is 0 Å². The minimum Gasteiger partial charge on any atom is -0.325 e. The van der Waals surface area contributed by atoms with Crippen molar-refractivity contribution in [3.63, 3.8) is 0 Å². The van der Waals surface area contributed by atoms with Crippen LogP contribution in [0.5, 0.6) is 0 Å². The van der Waals surface area contributed by atoms with E-state index in [2.05, 4.69) is 10.3 Å². The first-order chi connectivity index (χ1) is 12.8. The van der Waals surface area contributed by atoms with E-state index in [0.29, 0.717) is 0 Å². The molecule has 2 aromatic carbocycles. The number of nitrogens with one attached hydrogen (secondary N) is 1. The Bertz CT molecular complexity index is 1020. The van der Waals surface area contributed by atoms with Crippen LogP contribution >= 0.6 is 11.8 Å². The van der Waals surface area contributed by atoms with Gasteiger partial charge in [-0.05, 0) is 29.8 Å². The lowest BCUT2D eigenvalue weighted by molar-refractivity contribution is -0.115. The number of carbonyl (C=O) groups excluding carboxylic acids is 1. The van der Waals surface area contributed by atoms with Gasteiger partial charge >= 0.3 is 0 Å². The zero-order valence-electron chi connectivity index (χ0n) is 13.9. The summed E-state index contributed by atoms with van der Waals surface area (Å²) >= 11 is 1.45. The van der Waals surface area contributed by atoms with Gasteiger partial charge in [-0.3, -0.25) is 9.20 Å². The first-order valence-corrected chi connectivity index (χ1v) is 9.19. The Morgan fingerprint density at radius 3 is 2.38 bits per heavy atom. The summed E-state index contributed by atoms with van der Waals surface area (Å²) < 4.78 is 2.00. The second kappa shape index (κ2) is 7.45. The van der Waals surface area contributed by atoms with Gasteiger partial charge in [0.25, 0.3) is 0 Å². The van der Waals surface area contributed by atoms with Gasteiger partial charge in [0.05, 0.1) is 11.7 Å². The molecule has 0 radical (unpaired) electrons. The van der Waals surface area contributed by atoms with Crippen LogP contribution in [0, 0.1) is 0 Å². The van der Waals surface area contributed by atoms with E-state index in [1.54, 1.807) is 0 Å². The fourth-order valence-corrected chi connectivity index (χ4v) is 3.81. The van der Waals surface area contributed by atoms with Crippen molar-refractivity contribution >= 4 is 28.9 Å². The summed E-state index contributed by atoms with van der Waals surface area (Å²) in [5.74, 6) is -0.0694. The maximum absolute atomic E-state index is 13.0. The quantitative estimate of drug-likeness (QED) is 0.520. The molecule has 0 aliphatic rings. The summed E-state index contributed by atoms with van der Waals surface area (Å²) in [6, 6.07) is 25.2. The van der Waals surface area contributed by atoms with Crippen LogP contribution in [0.25, 0.3) is 5.52 Å². The van der Waals surface area contributed by atoms with E-state index in [1.807, 2.05) is 95.7 Å². The summed E-state index contributed by atoms with van der Waals surface area (Å²) in [6.45, 7) is 0. The molecule has 1 atom stereocenters. The Balaban J connectivity index is 1.66. The number of aromatic nitrogens is 2. The highest BCUT2D eigenvalue weighted by Gasteiger charge is 2.24. The van der Waals surface area contributed by atoms with Crippen molar-refractivity contribution in [3.8, 4) is 0 Å². The molecule has 128 valence electrons. The monoisotopic (exact) mass is 359 g/mol. The molecule has 0 aliphatic heterocycles. The summed E-state index contributed by atoms with van der Waals surface area (Å²) in [7, 11) is 0. The van der Waals surface area contributed by atoms with Crippen LogP contribution in [-0.4, -0.2) is 15.3 Å². The number of benzene rings is 2. The van der Waals surface area contributed by atoms with E-state index >= 15 is 0 Å².